The van der Waals surface area contributed by atoms with E-state index in [1.165, 1.54) is 6.92 Å². The molecule has 0 bridgehead atoms. The lowest BCUT2D eigenvalue weighted by Crippen LogP contribution is -2.59. The van der Waals surface area contributed by atoms with Gasteiger partial charge in [-0.15, -0.1) is 0 Å². The van der Waals surface area contributed by atoms with Crippen molar-refractivity contribution < 1.29 is 20.1 Å². The number of nitrogens with two attached hydrogens (primary N) is 1. The van der Waals surface area contributed by atoms with Gasteiger partial charge in [0, 0.05) is 0 Å². The van der Waals surface area contributed by atoms with Crippen LogP contribution in [-0.2, 0) is 4.74 Å². The molecule has 5 N–H and O–H groups in total. The van der Waals surface area contributed by atoms with E-state index in [4.69, 9.17) is 15.6 Å². The number of hydrogen-bond acceptors (Lipinski definition) is 5. The summed E-state index contributed by atoms with van der Waals surface area (Å²) in [4.78, 5) is 0. The van der Waals surface area contributed by atoms with Crippen molar-refractivity contribution in [3.05, 3.63) is 0 Å². The van der Waals surface area contributed by atoms with E-state index in [0.29, 0.717) is 0 Å². The van der Waals surface area contributed by atoms with Gasteiger partial charge in [-0.05, 0) is 6.92 Å². The Balaban J connectivity index is 2.58. The van der Waals surface area contributed by atoms with Crippen LogP contribution >= 0.6 is 0 Å². The number of rotatable bonds is 1. The maximum atomic E-state index is 9.36. The first-order chi connectivity index (χ1) is 5.54. The number of aliphatic hydroxyl groups excluding tert-OH is 3. The first-order valence-corrected chi connectivity index (χ1v) is 3.95. The molecule has 0 amide bonds. The Morgan fingerprint density at radius 1 is 1.42 bits per heavy atom. The molecule has 1 fully saturated rings. The molecule has 1 rings (SSSR count). The van der Waals surface area contributed by atoms with Gasteiger partial charge in [0.25, 0.3) is 0 Å². The van der Waals surface area contributed by atoms with Crippen LogP contribution in [-0.4, -0.2) is 52.4 Å². The number of hydrogen-bond donors (Lipinski definition) is 4. The molecule has 0 aromatic carbocycles. The van der Waals surface area contributed by atoms with E-state index in [9.17, 15) is 10.2 Å². The zero-order valence-electron chi connectivity index (χ0n) is 6.92. The van der Waals surface area contributed by atoms with Gasteiger partial charge < -0.3 is 25.8 Å². The Morgan fingerprint density at radius 3 is 2.50 bits per heavy atom. The van der Waals surface area contributed by atoms with E-state index < -0.39 is 30.5 Å². The Bertz CT molecular complexity index is 152. The van der Waals surface area contributed by atoms with Crippen LogP contribution in [0.5, 0.6) is 0 Å². The van der Waals surface area contributed by atoms with Crippen LogP contribution in [0, 0.1) is 0 Å². The summed E-state index contributed by atoms with van der Waals surface area (Å²) in [6, 6.07) is -0.574. The summed E-state index contributed by atoms with van der Waals surface area (Å²) in [6.45, 7) is 1.66. The smallest absolute Gasteiger partial charge is 0.112 e. The molecule has 1 aliphatic rings. The van der Waals surface area contributed by atoms with E-state index in [1.54, 1.807) is 0 Å². The molecule has 0 aliphatic carbocycles. The van der Waals surface area contributed by atoms with E-state index in [2.05, 4.69) is 0 Å². The molecule has 12 heavy (non-hydrogen) atoms. The van der Waals surface area contributed by atoms with E-state index in [1.807, 2.05) is 0 Å². The summed E-state index contributed by atoms with van der Waals surface area (Å²) in [5, 5.41) is 27.8. The standard InChI is InChI=1S/C7H15NO4/c1-3(9)7-6(11)5(10)4(8)2-12-7/h3-7,9-11H,2,8H2,1H3/t3-,4+,5-,6+,7-/m1/s1. The normalized spacial score (nSPS) is 45.8. The van der Waals surface area contributed by atoms with Crippen LogP contribution in [0.1, 0.15) is 6.92 Å². The van der Waals surface area contributed by atoms with Gasteiger partial charge in [-0.3, -0.25) is 0 Å². The zero-order chi connectivity index (χ0) is 9.30. The van der Waals surface area contributed by atoms with Crippen molar-refractivity contribution in [2.24, 2.45) is 5.73 Å². The molecule has 5 atom stereocenters. The minimum atomic E-state index is -1.10. The number of ether oxygens (including phenoxy) is 1. The molecule has 0 saturated carbocycles. The fourth-order valence-corrected chi connectivity index (χ4v) is 1.29. The topological polar surface area (TPSA) is 95.9 Å². The molecule has 0 aromatic heterocycles. The molecular weight excluding hydrogens is 162 g/mol. The van der Waals surface area contributed by atoms with Gasteiger partial charge in [0.15, 0.2) is 0 Å². The second-order valence-electron chi connectivity index (χ2n) is 3.18. The summed E-state index contributed by atoms with van der Waals surface area (Å²) in [5.74, 6) is 0. The van der Waals surface area contributed by atoms with Crippen molar-refractivity contribution in [1.29, 1.82) is 0 Å². The third-order valence-electron chi connectivity index (χ3n) is 2.08. The minimum Gasteiger partial charge on any atom is -0.391 e. The lowest BCUT2D eigenvalue weighted by atomic mass is 9.96. The monoisotopic (exact) mass is 177 g/mol. The summed E-state index contributed by atoms with van der Waals surface area (Å²) in [5.41, 5.74) is 5.41. The average molecular weight is 177 g/mol. The summed E-state index contributed by atoms with van der Waals surface area (Å²) in [6.07, 6.45) is -3.66. The fourth-order valence-electron chi connectivity index (χ4n) is 1.29. The largest absolute Gasteiger partial charge is 0.391 e. The van der Waals surface area contributed by atoms with Crippen LogP contribution in [0.15, 0.2) is 0 Å². The van der Waals surface area contributed by atoms with E-state index in [-0.39, 0.29) is 6.61 Å². The predicted octanol–water partition coefficient (Wildman–Crippen LogP) is -2.18. The van der Waals surface area contributed by atoms with Crippen molar-refractivity contribution in [1.82, 2.24) is 0 Å². The predicted molar refractivity (Wildman–Crippen MR) is 41.4 cm³/mol. The Hall–Kier alpha value is -0.200. The summed E-state index contributed by atoms with van der Waals surface area (Å²) >= 11 is 0. The maximum Gasteiger partial charge on any atom is 0.112 e. The molecule has 1 heterocycles. The molecule has 1 aliphatic heterocycles. The Labute approximate surface area is 70.8 Å². The molecule has 5 heteroatoms. The average Bonchev–Trinajstić information content (AvgIpc) is 2.00. The quantitative estimate of drug-likeness (QED) is 0.365. The lowest BCUT2D eigenvalue weighted by molar-refractivity contribution is -0.173. The summed E-state index contributed by atoms with van der Waals surface area (Å²) in [7, 11) is 0. The van der Waals surface area contributed by atoms with E-state index in [0.717, 1.165) is 0 Å². The van der Waals surface area contributed by atoms with Crippen molar-refractivity contribution in [3.63, 3.8) is 0 Å². The first-order valence-electron chi connectivity index (χ1n) is 3.95. The minimum absolute atomic E-state index is 0.161. The van der Waals surface area contributed by atoms with Gasteiger partial charge in [-0.1, -0.05) is 0 Å². The third kappa shape index (κ3) is 1.75. The third-order valence-corrected chi connectivity index (χ3v) is 2.08. The zero-order valence-corrected chi connectivity index (χ0v) is 6.92. The maximum absolute atomic E-state index is 9.36. The van der Waals surface area contributed by atoms with Crippen LogP contribution < -0.4 is 5.73 Å². The Kier molecular flexibility index (Phi) is 3.03. The molecule has 1 saturated heterocycles. The van der Waals surface area contributed by atoms with Crippen molar-refractivity contribution in [2.45, 2.75) is 37.4 Å². The fraction of sp³-hybridized carbons (Fsp3) is 1.00. The highest BCUT2D eigenvalue weighted by Gasteiger charge is 2.38. The van der Waals surface area contributed by atoms with Gasteiger partial charge in [-0.25, -0.2) is 0 Å². The Morgan fingerprint density at radius 2 is 2.00 bits per heavy atom. The van der Waals surface area contributed by atoms with Crippen LogP contribution in [0.3, 0.4) is 0 Å². The van der Waals surface area contributed by atoms with Gasteiger partial charge >= 0.3 is 0 Å². The van der Waals surface area contributed by atoms with Crippen LogP contribution in [0.4, 0.5) is 0 Å². The highest BCUT2D eigenvalue weighted by atomic mass is 16.5. The molecule has 72 valence electrons. The second-order valence-corrected chi connectivity index (χ2v) is 3.18. The van der Waals surface area contributed by atoms with Crippen molar-refractivity contribution >= 4 is 0 Å². The molecule has 0 aromatic rings. The second kappa shape index (κ2) is 3.68. The molecule has 0 unspecified atom stereocenters. The summed E-state index contributed by atoms with van der Waals surface area (Å²) < 4.78 is 5.05. The first kappa shape index (κ1) is 9.88. The van der Waals surface area contributed by atoms with Gasteiger partial charge in [0.2, 0.25) is 0 Å². The number of aliphatic hydroxyl groups is 3. The van der Waals surface area contributed by atoms with Gasteiger partial charge in [0.1, 0.15) is 12.2 Å². The highest BCUT2D eigenvalue weighted by Crippen LogP contribution is 2.16. The van der Waals surface area contributed by atoms with Crippen molar-refractivity contribution in [2.75, 3.05) is 6.61 Å². The molecule has 0 radical (unpaired) electrons. The van der Waals surface area contributed by atoms with Gasteiger partial charge in [0.05, 0.1) is 24.9 Å². The van der Waals surface area contributed by atoms with E-state index >= 15 is 0 Å². The SMILES string of the molecule is C[C@@H](O)[C@H]1OC[C@H](N)[C@@H](O)[C@@H]1O. The van der Waals surface area contributed by atoms with Crippen LogP contribution in [0.25, 0.3) is 0 Å². The van der Waals surface area contributed by atoms with Crippen molar-refractivity contribution in [3.8, 4) is 0 Å². The lowest BCUT2D eigenvalue weighted by Gasteiger charge is -2.37. The highest BCUT2D eigenvalue weighted by molar-refractivity contribution is 4.90. The molecule has 5 nitrogen and oxygen atoms in total. The van der Waals surface area contributed by atoms with Crippen LogP contribution in [0.2, 0.25) is 0 Å². The van der Waals surface area contributed by atoms with Gasteiger partial charge in [-0.2, -0.15) is 0 Å². The molecular formula is C7H15NO4. The molecule has 0 spiro atoms.